The zero-order chi connectivity index (χ0) is 11.6. The number of sulfone groups is 1. The van der Waals surface area contributed by atoms with Crippen molar-refractivity contribution in [3.8, 4) is 0 Å². The van der Waals surface area contributed by atoms with Gasteiger partial charge in [-0.25, -0.2) is 8.42 Å². The van der Waals surface area contributed by atoms with Gasteiger partial charge in [0, 0.05) is 25.0 Å². The maximum atomic E-state index is 11.4. The van der Waals surface area contributed by atoms with E-state index in [9.17, 15) is 13.2 Å². The van der Waals surface area contributed by atoms with Gasteiger partial charge >= 0.3 is 0 Å². The van der Waals surface area contributed by atoms with E-state index in [1.54, 1.807) is 0 Å². The third kappa shape index (κ3) is 3.18. The molecule has 1 amide bonds. The Morgan fingerprint density at radius 2 is 2.06 bits per heavy atom. The van der Waals surface area contributed by atoms with E-state index in [4.69, 9.17) is 0 Å². The van der Waals surface area contributed by atoms with Crippen LogP contribution in [0, 0.1) is 0 Å². The van der Waals surface area contributed by atoms with Crippen molar-refractivity contribution >= 4 is 15.7 Å². The van der Waals surface area contributed by atoms with Gasteiger partial charge in [-0.05, 0) is 19.3 Å². The van der Waals surface area contributed by atoms with Crippen molar-refractivity contribution in [2.24, 2.45) is 0 Å². The van der Waals surface area contributed by atoms with Crippen LogP contribution in [0.1, 0.15) is 25.7 Å². The van der Waals surface area contributed by atoms with Gasteiger partial charge in [-0.2, -0.15) is 0 Å². The van der Waals surface area contributed by atoms with Crippen molar-refractivity contribution in [2.45, 2.75) is 37.8 Å². The number of hydrogen-bond acceptors (Lipinski definition) is 4. The molecular weight excluding hydrogens is 228 g/mol. The lowest BCUT2D eigenvalue weighted by Gasteiger charge is -2.30. The smallest absolute Gasteiger partial charge is 0.220 e. The average molecular weight is 246 g/mol. The third-order valence-corrected chi connectivity index (χ3v) is 5.02. The normalized spacial score (nSPS) is 34.4. The minimum atomic E-state index is -2.84. The van der Waals surface area contributed by atoms with E-state index >= 15 is 0 Å². The molecule has 2 heterocycles. The molecule has 2 atom stereocenters. The van der Waals surface area contributed by atoms with Gasteiger partial charge in [-0.3, -0.25) is 4.79 Å². The van der Waals surface area contributed by atoms with Crippen LogP contribution in [-0.4, -0.2) is 44.5 Å². The molecular formula is C10H18N2O3S. The quantitative estimate of drug-likeness (QED) is 0.684. The summed E-state index contributed by atoms with van der Waals surface area (Å²) in [6.45, 7) is 0.620. The fourth-order valence-corrected chi connectivity index (χ4v) is 4.01. The fraction of sp³-hybridized carbons (Fsp3) is 0.900. The van der Waals surface area contributed by atoms with Crippen molar-refractivity contribution in [3.05, 3.63) is 0 Å². The highest BCUT2D eigenvalue weighted by Crippen LogP contribution is 2.14. The summed E-state index contributed by atoms with van der Waals surface area (Å²) in [5.41, 5.74) is 0. The van der Waals surface area contributed by atoms with Crippen LogP contribution in [0.3, 0.4) is 0 Å². The first kappa shape index (κ1) is 11.9. The Kier molecular flexibility index (Phi) is 3.49. The highest BCUT2D eigenvalue weighted by molar-refractivity contribution is 7.91. The molecule has 2 saturated heterocycles. The molecule has 0 saturated carbocycles. The summed E-state index contributed by atoms with van der Waals surface area (Å²) in [5.74, 6) is 0.665. The lowest BCUT2D eigenvalue weighted by atomic mass is 10.0. The Bertz CT molecular complexity index is 356. The van der Waals surface area contributed by atoms with Crippen LogP contribution >= 0.6 is 0 Å². The van der Waals surface area contributed by atoms with E-state index in [0.717, 1.165) is 19.3 Å². The van der Waals surface area contributed by atoms with Crippen molar-refractivity contribution in [1.29, 1.82) is 0 Å². The lowest BCUT2D eigenvalue weighted by molar-refractivity contribution is -0.122. The fourth-order valence-electron chi connectivity index (χ4n) is 2.36. The summed E-state index contributed by atoms with van der Waals surface area (Å²) in [7, 11) is -2.84. The van der Waals surface area contributed by atoms with Gasteiger partial charge in [0.1, 0.15) is 0 Å². The minimum Gasteiger partial charge on any atom is -0.355 e. The number of piperidine rings is 1. The monoisotopic (exact) mass is 246 g/mol. The van der Waals surface area contributed by atoms with Crippen molar-refractivity contribution in [2.75, 3.05) is 18.1 Å². The zero-order valence-corrected chi connectivity index (χ0v) is 10.1. The van der Waals surface area contributed by atoms with E-state index in [0.29, 0.717) is 18.7 Å². The SMILES string of the molecule is O=C1CCC(NC2CCCS(=O)(=O)C2)CN1. The summed E-state index contributed by atoms with van der Waals surface area (Å²) in [6.07, 6.45) is 3.02. The van der Waals surface area contributed by atoms with Gasteiger partial charge in [0.15, 0.2) is 9.84 Å². The summed E-state index contributed by atoms with van der Waals surface area (Å²) in [4.78, 5) is 11.0. The van der Waals surface area contributed by atoms with E-state index < -0.39 is 9.84 Å². The molecule has 2 aliphatic heterocycles. The Hall–Kier alpha value is -0.620. The largest absolute Gasteiger partial charge is 0.355 e. The Balaban J connectivity index is 1.83. The second kappa shape index (κ2) is 4.71. The molecule has 2 unspecified atom stereocenters. The van der Waals surface area contributed by atoms with Gasteiger partial charge in [0.05, 0.1) is 11.5 Å². The molecule has 2 rings (SSSR count). The van der Waals surface area contributed by atoms with E-state index in [1.165, 1.54) is 0 Å². The van der Waals surface area contributed by atoms with Crippen LogP contribution in [0.25, 0.3) is 0 Å². The number of nitrogens with one attached hydrogen (secondary N) is 2. The van der Waals surface area contributed by atoms with Gasteiger partial charge in [0.25, 0.3) is 0 Å². The topological polar surface area (TPSA) is 75.3 Å². The summed E-state index contributed by atoms with van der Waals surface area (Å²) < 4.78 is 22.9. The maximum Gasteiger partial charge on any atom is 0.220 e. The molecule has 2 N–H and O–H groups in total. The molecule has 6 heteroatoms. The predicted molar refractivity (Wildman–Crippen MR) is 60.8 cm³/mol. The van der Waals surface area contributed by atoms with Gasteiger partial charge < -0.3 is 10.6 Å². The second-order valence-corrected chi connectivity index (χ2v) is 6.89. The molecule has 0 aromatic carbocycles. The lowest BCUT2D eigenvalue weighted by Crippen LogP contribution is -2.52. The van der Waals surface area contributed by atoms with Gasteiger partial charge in [0.2, 0.25) is 5.91 Å². The van der Waals surface area contributed by atoms with Crippen LogP contribution in [0.15, 0.2) is 0 Å². The van der Waals surface area contributed by atoms with Crippen LogP contribution in [0.4, 0.5) is 0 Å². The molecule has 2 aliphatic rings. The third-order valence-electron chi connectivity index (χ3n) is 3.20. The van der Waals surface area contributed by atoms with E-state index in [1.807, 2.05) is 0 Å². The summed E-state index contributed by atoms with van der Waals surface area (Å²) in [5, 5.41) is 6.13. The Morgan fingerprint density at radius 1 is 1.25 bits per heavy atom. The summed E-state index contributed by atoms with van der Waals surface area (Å²) >= 11 is 0. The molecule has 5 nitrogen and oxygen atoms in total. The second-order valence-electron chi connectivity index (χ2n) is 4.66. The molecule has 0 aliphatic carbocycles. The number of rotatable bonds is 2. The number of hydrogen-bond donors (Lipinski definition) is 2. The molecule has 92 valence electrons. The minimum absolute atomic E-state index is 0.0683. The van der Waals surface area contributed by atoms with Crippen molar-refractivity contribution in [1.82, 2.24) is 10.6 Å². The van der Waals surface area contributed by atoms with Crippen LogP contribution in [0.5, 0.6) is 0 Å². The highest BCUT2D eigenvalue weighted by atomic mass is 32.2. The Morgan fingerprint density at radius 3 is 2.69 bits per heavy atom. The highest BCUT2D eigenvalue weighted by Gasteiger charge is 2.27. The standard InChI is InChI=1S/C10H18N2O3S/c13-10-4-3-8(6-11-10)12-9-2-1-5-16(14,15)7-9/h8-9,12H,1-7H2,(H,11,13). The molecule has 16 heavy (non-hydrogen) atoms. The maximum absolute atomic E-state index is 11.4. The molecule has 2 fully saturated rings. The van der Waals surface area contributed by atoms with Crippen LogP contribution in [-0.2, 0) is 14.6 Å². The van der Waals surface area contributed by atoms with Crippen molar-refractivity contribution < 1.29 is 13.2 Å². The molecule has 0 aromatic rings. The number of carbonyl (C=O) groups excluding carboxylic acids is 1. The van der Waals surface area contributed by atoms with Crippen LogP contribution < -0.4 is 10.6 Å². The van der Waals surface area contributed by atoms with E-state index in [2.05, 4.69) is 10.6 Å². The predicted octanol–water partition coefficient (Wildman–Crippen LogP) is -0.568. The molecule has 0 spiro atoms. The number of amides is 1. The zero-order valence-electron chi connectivity index (χ0n) is 9.24. The van der Waals surface area contributed by atoms with Gasteiger partial charge in [-0.15, -0.1) is 0 Å². The number of carbonyl (C=O) groups is 1. The van der Waals surface area contributed by atoms with E-state index in [-0.39, 0.29) is 23.7 Å². The first-order chi connectivity index (χ1) is 7.55. The van der Waals surface area contributed by atoms with Crippen molar-refractivity contribution in [3.63, 3.8) is 0 Å². The molecule has 0 aromatic heterocycles. The van der Waals surface area contributed by atoms with Crippen LogP contribution in [0.2, 0.25) is 0 Å². The Labute approximate surface area is 95.9 Å². The average Bonchev–Trinajstić information content (AvgIpc) is 2.20. The molecule has 0 bridgehead atoms. The summed E-state index contributed by atoms with van der Waals surface area (Å²) in [6, 6.07) is 0.301. The van der Waals surface area contributed by atoms with Gasteiger partial charge in [-0.1, -0.05) is 0 Å². The first-order valence-corrected chi connectivity index (χ1v) is 7.60. The molecule has 0 radical (unpaired) electrons. The first-order valence-electron chi connectivity index (χ1n) is 5.78.